The van der Waals surface area contributed by atoms with Crippen molar-refractivity contribution in [1.82, 2.24) is 4.57 Å². The Balaban J connectivity index is 1.80. The fraction of sp³-hybridized carbons (Fsp3) is 0.286. The van der Waals surface area contributed by atoms with Crippen molar-refractivity contribution in [3.63, 3.8) is 0 Å². The number of fused-ring (bicyclic) bond motifs is 3. The Morgan fingerprint density at radius 3 is 2.72 bits per heavy atom. The number of carbonyl (C=O) groups is 1. The van der Waals surface area contributed by atoms with Gasteiger partial charge in [-0.2, -0.15) is 0 Å². The Morgan fingerprint density at radius 1 is 1.20 bits per heavy atom. The smallest absolute Gasteiger partial charge is 0.257 e. The molecule has 0 fully saturated rings. The molecular formula is C21H23N3O. The van der Waals surface area contributed by atoms with Crippen molar-refractivity contribution in [2.45, 2.75) is 32.1 Å². The summed E-state index contributed by atoms with van der Waals surface area (Å²) < 4.78 is 2.23. The van der Waals surface area contributed by atoms with Gasteiger partial charge in [-0.1, -0.05) is 19.1 Å². The van der Waals surface area contributed by atoms with Gasteiger partial charge in [-0.25, -0.2) is 0 Å². The first-order valence-electron chi connectivity index (χ1n) is 8.83. The fourth-order valence-electron chi connectivity index (χ4n) is 4.17. The lowest BCUT2D eigenvalue weighted by atomic mass is 9.88. The number of anilines is 2. The number of benzene rings is 2. The summed E-state index contributed by atoms with van der Waals surface area (Å²) in [6.45, 7) is 2.28. The van der Waals surface area contributed by atoms with Crippen molar-refractivity contribution in [2.24, 2.45) is 7.05 Å². The van der Waals surface area contributed by atoms with Gasteiger partial charge in [-0.05, 0) is 61.1 Å². The third-order valence-corrected chi connectivity index (χ3v) is 5.31. The number of aromatic nitrogens is 1. The summed E-state index contributed by atoms with van der Waals surface area (Å²) >= 11 is 0. The number of hydrogen-bond acceptors (Lipinski definition) is 2. The number of aryl methyl sites for hydroxylation is 2. The Bertz CT molecular complexity index is 953. The summed E-state index contributed by atoms with van der Waals surface area (Å²) in [5.74, 6) is 0.454. The molecule has 2 aromatic carbocycles. The zero-order chi connectivity index (χ0) is 17.6. The molecule has 0 radical (unpaired) electrons. The second kappa shape index (κ2) is 5.96. The third-order valence-electron chi connectivity index (χ3n) is 5.31. The van der Waals surface area contributed by atoms with E-state index in [2.05, 4.69) is 29.9 Å². The van der Waals surface area contributed by atoms with Crippen LogP contribution < -0.4 is 11.1 Å². The highest BCUT2D eigenvalue weighted by Gasteiger charge is 2.25. The Kier molecular flexibility index (Phi) is 3.75. The molecular weight excluding hydrogens is 310 g/mol. The highest BCUT2D eigenvalue weighted by atomic mass is 16.1. The van der Waals surface area contributed by atoms with Crippen molar-refractivity contribution in [2.75, 3.05) is 11.1 Å². The molecule has 0 spiro atoms. The lowest BCUT2D eigenvalue weighted by Gasteiger charge is -2.20. The van der Waals surface area contributed by atoms with Crippen LogP contribution in [0.1, 0.15) is 47.3 Å². The maximum atomic E-state index is 12.9. The average Bonchev–Trinajstić information content (AvgIpc) is 2.91. The second-order valence-corrected chi connectivity index (χ2v) is 6.99. The Hall–Kier alpha value is -2.75. The molecule has 1 aliphatic carbocycles. The van der Waals surface area contributed by atoms with Crippen molar-refractivity contribution in [1.29, 1.82) is 0 Å². The molecule has 1 aliphatic rings. The number of hydrogen-bond donors (Lipinski definition) is 2. The summed E-state index contributed by atoms with van der Waals surface area (Å²) in [7, 11) is 2.09. The van der Waals surface area contributed by atoms with Crippen LogP contribution in [0.4, 0.5) is 11.4 Å². The topological polar surface area (TPSA) is 60.0 Å². The maximum absolute atomic E-state index is 12.9. The predicted molar refractivity (Wildman–Crippen MR) is 103 cm³/mol. The van der Waals surface area contributed by atoms with Gasteiger partial charge in [-0.15, -0.1) is 0 Å². The van der Waals surface area contributed by atoms with Gasteiger partial charge in [0.2, 0.25) is 0 Å². The highest BCUT2D eigenvalue weighted by Crippen LogP contribution is 2.38. The van der Waals surface area contributed by atoms with E-state index in [9.17, 15) is 4.79 Å². The SMILES string of the molecule is CC1CCCc2c1n(C)c1c(C(=O)Nc3ccc(N)cc3)cccc21. The molecule has 0 aliphatic heterocycles. The van der Waals surface area contributed by atoms with E-state index in [0.717, 1.165) is 23.2 Å². The van der Waals surface area contributed by atoms with Crippen LogP contribution in [0.15, 0.2) is 42.5 Å². The first kappa shape index (κ1) is 15.8. The van der Waals surface area contributed by atoms with E-state index in [1.54, 1.807) is 12.1 Å². The molecule has 4 nitrogen and oxygen atoms in total. The van der Waals surface area contributed by atoms with E-state index in [-0.39, 0.29) is 5.91 Å². The maximum Gasteiger partial charge on any atom is 0.257 e. The average molecular weight is 333 g/mol. The van der Waals surface area contributed by atoms with Gasteiger partial charge >= 0.3 is 0 Å². The molecule has 1 aromatic heterocycles. The van der Waals surface area contributed by atoms with Crippen LogP contribution in [0, 0.1) is 0 Å². The molecule has 25 heavy (non-hydrogen) atoms. The number of nitrogens with one attached hydrogen (secondary N) is 1. The van der Waals surface area contributed by atoms with Gasteiger partial charge in [0.05, 0.1) is 11.1 Å². The monoisotopic (exact) mass is 333 g/mol. The number of nitrogen functional groups attached to an aromatic ring is 1. The van der Waals surface area contributed by atoms with Crippen molar-refractivity contribution in [3.05, 3.63) is 59.3 Å². The lowest BCUT2D eigenvalue weighted by molar-refractivity contribution is 0.102. The Morgan fingerprint density at radius 2 is 1.96 bits per heavy atom. The summed E-state index contributed by atoms with van der Waals surface area (Å²) in [5, 5.41) is 4.21. The molecule has 128 valence electrons. The number of nitrogens with two attached hydrogens (primary N) is 1. The molecule has 1 unspecified atom stereocenters. The third kappa shape index (κ3) is 2.58. The number of carbonyl (C=O) groups excluding carboxylic acids is 1. The van der Waals surface area contributed by atoms with Gasteiger partial charge in [0, 0.05) is 29.5 Å². The molecule has 1 heterocycles. The minimum atomic E-state index is -0.0824. The normalized spacial score (nSPS) is 16.6. The molecule has 1 amide bonds. The first-order valence-corrected chi connectivity index (χ1v) is 8.83. The van der Waals surface area contributed by atoms with Crippen LogP contribution in [0.3, 0.4) is 0 Å². The quantitative estimate of drug-likeness (QED) is 0.681. The molecule has 0 saturated heterocycles. The summed E-state index contributed by atoms with van der Waals surface area (Å²) in [6.07, 6.45) is 3.53. The van der Waals surface area contributed by atoms with Crippen LogP contribution in [-0.2, 0) is 13.5 Å². The van der Waals surface area contributed by atoms with Crippen LogP contribution in [-0.4, -0.2) is 10.5 Å². The lowest BCUT2D eigenvalue weighted by Crippen LogP contribution is -2.14. The predicted octanol–water partition coefficient (Wildman–Crippen LogP) is 4.45. The minimum Gasteiger partial charge on any atom is -0.399 e. The summed E-state index contributed by atoms with van der Waals surface area (Å²) in [5.41, 5.74) is 11.7. The fourth-order valence-corrected chi connectivity index (χ4v) is 4.17. The Labute approximate surface area is 147 Å². The molecule has 3 N–H and O–H groups in total. The number of amides is 1. The van der Waals surface area contributed by atoms with Crippen LogP contribution in [0.2, 0.25) is 0 Å². The second-order valence-electron chi connectivity index (χ2n) is 6.99. The van der Waals surface area contributed by atoms with E-state index in [0.29, 0.717) is 11.6 Å². The molecule has 4 heteroatoms. The van der Waals surface area contributed by atoms with Gasteiger partial charge < -0.3 is 15.6 Å². The molecule has 1 atom stereocenters. The molecule has 0 saturated carbocycles. The van der Waals surface area contributed by atoms with Gasteiger partial charge in [0.25, 0.3) is 5.91 Å². The standard InChI is InChI=1S/C21H23N3O/c1-13-5-3-6-16-17-7-4-8-18(20(17)24(2)19(13)16)21(25)23-15-11-9-14(22)10-12-15/h4,7-13H,3,5-6,22H2,1-2H3,(H,23,25). The zero-order valence-electron chi connectivity index (χ0n) is 14.7. The number of rotatable bonds is 2. The number of para-hydroxylation sites is 1. The van der Waals surface area contributed by atoms with Crippen LogP contribution in [0.25, 0.3) is 10.9 Å². The van der Waals surface area contributed by atoms with E-state index >= 15 is 0 Å². The van der Waals surface area contributed by atoms with Crippen molar-refractivity contribution >= 4 is 28.2 Å². The van der Waals surface area contributed by atoms with Gasteiger partial charge in [0.1, 0.15) is 0 Å². The van der Waals surface area contributed by atoms with Crippen molar-refractivity contribution in [3.8, 4) is 0 Å². The summed E-state index contributed by atoms with van der Waals surface area (Å²) in [4.78, 5) is 12.9. The zero-order valence-corrected chi connectivity index (χ0v) is 14.7. The molecule has 0 bridgehead atoms. The van der Waals surface area contributed by atoms with E-state index in [4.69, 9.17) is 5.73 Å². The number of nitrogens with zero attached hydrogens (tertiary/aromatic N) is 1. The van der Waals surface area contributed by atoms with E-state index in [1.165, 1.54) is 29.5 Å². The summed E-state index contributed by atoms with van der Waals surface area (Å²) in [6, 6.07) is 13.3. The van der Waals surface area contributed by atoms with Crippen LogP contribution >= 0.6 is 0 Å². The molecule has 4 rings (SSSR count). The van der Waals surface area contributed by atoms with Crippen molar-refractivity contribution < 1.29 is 4.79 Å². The van der Waals surface area contributed by atoms with E-state index < -0.39 is 0 Å². The molecule has 3 aromatic rings. The van der Waals surface area contributed by atoms with E-state index in [1.807, 2.05) is 24.3 Å². The highest BCUT2D eigenvalue weighted by molar-refractivity contribution is 6.13. The largest absolute Gasteiger partial charge is 0.399 e. The van der Waals surface area contributed by atoms with Gasteiger partial charge in [-0.3, -0.25) is 4.79 Å². The first-order chi connectivity index (χ1) is 12.1. The van der Waals surface area contributed by atoms with Crippen LogP contribution in [0.5, 0.6) is 0 Å². The van der Waals surface area contributed by atoms with Gasteiger partial charge in [0.15, 0.2) is 0 Å². The minimum absolute atomic E-state index is 0.0824.